The van der Waals surface area contributed by atoms with E-state index in [0.717, 1.165) is 18.5 Å². The van der Waals surface area contributed by atoms with Gasteiger partial charge in [-0.2, -0.15) is 0 Å². The van der Waals surface area contributed by atoms with Crippen molar-refractivity contribution in [2.75, 3.05) is 14.2 Å². The average Bonchev–Trinajstić information content (AvgIpc) is 3.20. The molecular weight excluding hydrogens is 464 g/mol. The van der Waals surface area contributed by atoms with E-state index < -0.39 is 6.10 Å². The Balaban J connectivity index is 2.53. The summed E-state index contributed by atoms with van der Waals surface area (Å²) in [6.45, 7) is 4.11. The minimum absolute atomic E-state index is 0.101. The lowest BCUT2D eigenvalue weighted by Crippen LogP contribution is -2.22. The number of unbranched alkanes of at least 4 members (excludes halogenated alkanes) is 10. The van der Waals surface area contributed by atoms with E-state index in [-0.39, 0.29) is 30.0 Å². The molecule has 0 spiro atoms. The van der Waals surface area contributed by atoms with Gasteiger partial charge in [-0.05, 0) is 26.2 Å². The number of hydrogen-bond donors (Lipinski definition) is 2. The number of aliphatic hydroxyl groups excluding tert-OH is 1. The molecule has 8 heteroatoms. The van der Waals surface area contributed by atoms with Crippen LogP contribution in [0.1, 0.15) is 102 Å². The standard InChI is InChI=1S/C27H46N2O5S/c1-5-6-7-8-9-10-11-12-13-14-15-16-17-24(23(30)18-19-25(31)33-3)35-27-28-21(2)22(29-27)20-26(32)34-4/h16-17,23-24,30H,5-15,18-20H2,1-4H3,(H,28,29)/b17-16-. The van der Waals surface area contributed by atoms with Crippen LogP contribution in [0, 0.1) is 6.92 Å². The molecule has 0 bridgehead atoms. The van der Waals surface area contributed by atoms with E-state index in [4.69, 9.17) is 9.47 Å². The van der Waals surface area contributed by atoms with Gasteiger partial charge in [0, 0.05) is 12.1 Å². The van der Waals surface area contributed by atoms with Crippen molar-refractivity contribution in [2.45, 2.75) is 120 Å². The number of aliphatic hydroxyl groups is 1. The largest absolute Gasteiger partial charge is 0.469 e. The van der Waals surface area contributed by atoms with Crippen LogP contribution in [-0.4, -0.2) is 52.6 Å². The van der Waals surface area contributed by atoms with E-state index in [1.54, 1.807) is 0 Å². The molecule has 35 heavy (non-hydrogen) atoms. The van der Waals surface area contributed by atoms with Gasteiger partial charge in [0.05, 0.1) is 37.7 Å². The number of H-pyrrole nitrogens is 1. The summed E-state index contributed by atoms with van der Waals surface area (Å²) >= 11 is 1.40. The Morgan fingerprint density at radius 3 is 2.20 bits per heavy atom. The zero-order valence-corrected chi connectivity index (χ0v) is 23.0. The Morgan fingerprint density at radius 2 is 1.60 bits per heavy atom. The molecule has 2 atom stereocenters. The molecule has 0 fully saturated rings. The maximum absolute atomic E-state index is 11.6. The summed E-state index contributed by atoms with van der Waals surface area (Å²) < 4.78 is 9.44. The van der Waals surface area contributed by atoms with Crippen molar-refractivity contribution in [3.8, 4) is 0 Å². The van der Waals surface area contributed by atoms with Crippen molar-refractivity contribution in [3.05, 3.63) is 23.5 Å². The van der Waals surface area contributed by atoms with Crippen LogP contribution in [0.2, 0.25) is 0 Å². The maximum atomic E-state index is 11.6. The predicted octanol–water partition coefficient (Wildman–Crippen LogP) is 6.08. The van der Waals surface area contributed by atoms with Crippen LogP contribution in [0.15, 0.2) is 17.3 Å². The second-order valence-electron chi connectivity index (χ2n) is 9.03. The molecule has 0 aliphatic heterocycles. The smallest absolute Gasteiger partial charge is 0.311 e. The molecule has 1 heterocycles. The summed E-state index contributed by atoms with van der Waals surface area (Å²) in [5, 5.41) is 11.1. The first-order chi connectivity index (χ1) is 16.9. The van der Waals surface area contributed by atoms with Gasteiger partial charge < -0.3 is 19.6 Å². The Morgan fingerprint density at radius 1 is 1.00 bits per heavy atom. The summed E-state index contributed by atoms with van der Waals surface area (Å²) in [4.78, 5) is 30.8. The van der Waals surface area contributed by atoms with Crippen LogP contribution >= 0.6 is 11.8 Å². The van der Waals surface area contributed by atoms with Crippen LogP contribution in [0.5, 0.6) is 0 Å². The molecule has 1 aromatic heterocycles. The van der Waals surface area contributed by atoms with Gasteiger partial charge in [0.1, 0.15) is 0 Å². The first-order valence-corrected chi connectivity index (χ1v) is 14.0. The van der Waals surface area contributed by atoms with E-state index >= 15 is 0 Å². The fraction of sp³-hybridized carbons (Fsp3) is 0.741. The van der Waals surface area contributed by atoms with E-state index in [9.17, 15) is 14.7 Å². The van der Waals surface area contributed by atoms with Gasteiger partial charge in [-0.25, -0.2) is 4.98 Å². The van der Waals surface area contributed by atoms with Gasteiger partial charge in [-0.1, -0.05) is 88.6 Å². The highest BCUT2D eigenvalue weighted by Crippen LogP contribution is 2.27. The van der Waals surface area contributed by atoms with Gasteiger partial charge in [-0.15, -0.1) is 0 Å². The molecule has 0 aromatic carbocycles. The van der Waals surface area contributed by atoms with E-state index in [1.165, 1.54) is 83.8 Å². The van der Waals surface area contributed by atoms with Crippen LogP contribution < -0.4 is 0 Å². The van der Waals surface area contributed by atoms with Gasteiger partial charge in [0.25, 0.3) is 0 Å². The van der Waals surface area contributed by atoms with Crippen molar-refractivity contribution in [1.82, 2.24) is 9.97 Å². The summed E-state index contributed by atoms with van der Waals surface area (Å²) in [6.07, 6.45) is 18.0. The molecule has 7 nitrogen and oxygen atoms in total. The zero-order chi connectivity index (χ0) is 25.9. The third kappa shape index (κ3) is 14.4. The highest BCUT2D eigenvalue weighted by atomic mass is 32.2. The lowest BCUT2D eigenvalue weighted by molar-refractivity contribution is -0.141. The molecule has 200 valence electrons. The summed E-state index contributed by atoms with van der Waals surface area (Å²) in [6, 6.07) is 0. The Bertz CT molecular complexity index is 750. The van der Waals surface area contributed by atoms with Gasteiger partial charge in [-0.3, -0.25) is 9.59 Å². The lowest BCUT2D eigenvalue weighted by Gasteiger charge is -2.18. The van der Waals surface area contributed by atoms with E-state index in [1.807, 2.05) is 13.0 Å². The molecule has 0 saturated carbocycles. The zero-order valence-electron chi connectivity index (χ0n) is 22.1. The van der Waals surface area contributed by atoms with Crippen molar-refractivity contribution in [2.24, 2.45) is 0 Å². The number of methoxy groups -OCH3 is 2. The Labute approximate surface area is 215 Å². The van der Waals surface area contributed by atoms with Crippen molar-refractivity contribution >= 4 is 23.7 Å². The number of aromatic nitrogens is 2. The quantitative estimate of drug-likeness (QED) is 0.0949. The molecule has 0 radical (unpaired) electrons. The SMILES string of the molecule is CCCCCCCCCCCC/C=C\C(Sc1nc(CC(=O)OC)c(C)[nH]1)C(O)CCC(=O)OC. The minimum atomic E-state index is -0.725. The number of aromatic amines is 1. The second kappa shape index (κ2) is 19.4. The number of aryl methyl sites for hydroxylation is 1. The number of hydrogen-bond acceptors (Lipinski definition) is 7. The summed E-state index contributed by atoms with van der Waals surface area (Å²) in [7, 11) is 2.70. The fourth-order valence-electron chi connectivity index (χ4n) is 3.79. The number of allylic oxidation sites excluding steroid dienone is 1. The van der Waals surface area contributed by atoms with Crippen molar-refractivity contribution in [3.63, 3.8) is 0 Å². The maximum Gasteiger partial charge on any atom is 0.311 e. The second-order valence-corrected chi connectivity index (χ2v) is 10.2. The predicted molar refractivity (Wildman–Crippen MR) is 142 cm³/mol. The van der Waals surface area contributed by atoms with Gasteiger partial charge in [0.2, 0.25) is 0 Å². The van der Waals surface area contributed by atoms with Gasteiger partial charge >= 0.3 is 11.9 Å². The number of thioether (sulfide) groups is 1. The average molecular weight is 511 g/mol. The number of ether oxygens (including phenoxy) is 2. The van der Waals surface area contributed by atoms with Crippen LogP contribution in [0.4, 0.5) is 0 Å². The first-order valence-electron chi connectivity index (χ1n) is 13.1. The number of nitrogens with one attached hydrogen (secondary N) is 1. The van der Waals surface area contributed by atoms with Gasteiger partial charge in [0.15, 0.2) is 5.16 Å². The number of carbonyl (C=O) groups excluding carboxylic acids is 2. The molecular formula is C27H46N2O5S. The summed E-state index contributed by atoms with van der Waals surface area (Å²) in [5.41, 5.74) is 1.44. The normalized spacial score (nSPS) is 13.2. The first kappa shape index (κ1) is 31.2. The number of imidazole rings is 1. The monoisotopic (exact) mass is 510 g/mol. The molecule has 0 aliphatic carbocycles. The molecule has 0 amide bonds. The molecule has 1 aromatic rings. The topological polar surface area (TPSA) is 102 Å². The third-order valence-electron chi connectivity index (χ3n) is 6.05. The van der Waals surface area contributed by atoms with Crippen molar-refractivity contribution < 1.29 is 24.2 Å². The molecule has 0 aliphatic rings. The lowest BCUT2D eigenvalue weighted by atomic mass is 10.1. The number of nitrogens with zero attached hydrogens (tertiary/aromatic N) is 1. The Kier molecular flexibility index (Phi) is 17.3. The minimum Gasteiger partial charge on any atom is -0.469 e. The van der Waals surface area contributed by atoms with E-state index in [2.05, 4.69) is 23.0 Å². The highest BCUT2D eigenvalue weighted by Gasteiger charge is 2.22. The van der Waals surface area contributed by atoms with Crippen LogP contribution in [0.25, 0.3) is 0 Å². The fourth-order valence-corrected chi connectivity index (χ4v) is 4.91. The highest BCUT2D eigenvalue weighted by molar-refractivity contribution is 8.00. The molecule has 0 saturated heterocycles. The van der Waals surface area contributed by atoms with Crippen molar-refractivity contribution in [1.29, 1.82) is 0 Å². The van der Waals surface area contributed by atoms with E-state index in [0.29, 0.717) is 17.3 Å². The molecule has 2 N–H and O–H groups in total. The Hall–Kier alpha value is -1.80. The third-order valence-corrected chi connectivity index (χ3v) is 7.21. The molecule has 1 rings (SSSR count). The molecule has 2 unspecified atom stereocenters. The van der Waals surface area contributed by atoms with Crippen LogP contribution in [0.3, 0.4) is 0 Å². The number of carbonyl (C=O) groups is 2. The summed E-state index contributed by atoms with van der Waals surface area (Å²) in [5.74, 6) is -0.682. The number of esters is 2. The van der Waals surface area contributed by atoms with Crippen LogP contribution in [-0.2, 0) is 25.5 Å². The number of rotatable bonds is 20.